The van der Waals surface area contributed by atoms with E-state index >= 15 is 0 Å². The van der Waals surface area contributed by atoms with Crippen molar-refractivity contribution in [3.63, 3.8) is 0 Å². The van der Waals surface area contributed by atoms with Gasteiger partial charge in [-0.2, -0.15) is 0 Å². The van der Waals surface area contributed by atoms with E-state index < -0.39 is 15.9 Å². The van der Waals surface area contributed by atoms with E-state index in [1.807, 2.05) is 58.9 Å². The van der Waals surface area contributed by atoms with Crippen LogP contribution in [0.4, 0.5) is 0 Å². The molecule has 4 N–H and O–H groups in total. The number of benzene rings is 1. The Morgan fingerprint density at radius 2 is 1.78 bits per heavy atom. The van der Waals surface area contributed by atoms with Gasteiger partial charge in [-0.15, -0.1) is 0 Å². The molecule has 0 bridgehead atoms. The van der Waals surface area contributed by atoms with E-state index in [4.69, 9.17) is 15.6 Å². The molecule has 2 rings (SSSR count). The van der Waals surface area contributed by atoms with Gasteiger partial charge in [0.25, 0.3) is 0 Å². The Bertz CT molecular complexity index is 1010. The molecule has 1 aliphatic heterocycles. The zero-order valence-electron chi connectivity index (χ0n) is 23.1. The average molecular weight is 524 g/mol. The second-order valence-corrected chi connectivity index (χ2v) is 9.74. The first-order valence-corrected chi connectivity index (χ1v) is 14.3. The van der Waals surface area contributed by atoms with Crippen molar-refractivity contribution in [2.75, 3.05) is 33.1 Å². The number of hydrogen-bond acceptors (Lipinski definition) is 6. The highest BCUT2D eigenvalue weighted by Gasteiger charge is 2.27. The third-order valence-electron chi connectivity index (χ3n) is 5.22. The van der Waals surface area contributed by atoms with Gasteiger partial charge in [0.05, 0.1) is 12.2 Å². The molecule has 0 saturated heterocycles. The molecule has 0 radical (unpaired) electrons. The van der Waals surface area contributed by atoms with Crippen molar-refractivity contribution >= 4 is 21.7 Å². The molecule has 9 heteroatoms. The molecule has 36 heavy (non-hydrogen) atoms. The van der Waals surface area contributed by atoms with E-state index in [0.29, 0.717) is 29.7 Å². The van der Waals surface area contributed by atoms with Crippen LogP contribution in [0.1, 0.15) is 58.6 Å². The number of allylic oxidation sites excluding steroid dienone is 2. The Balaban J connectivity index is 0.00000291. The first kappa shape index (κ1) is 33.2. The van der Waals surface area contributed by atoms with Crippen LogP contribution in [0.2, 0.25) is 0 Å². The molecule has 1 aliphatic rings. The molecule has 0 spiro atoms. The van der Waals surface area contributed by atoms with E-state index in [0.717, 1.165) is 21.7 Å². The Morgan fingerprint density at radius 3 is 2.28 bits per heavy atom. The number of rotatable bonds is 9. The number of amides is 1. The molecule has 8 nitrogen and oxygen atoms in total. The third-order valence-corrected chi connectivity index (χ3v) is 6.40. The maximum absolute atomic E-state index is 12.6. The number of sulfonamides is 1. The first-order chi connectivity index (χ1) is 17.1. The van der Waals surface area contributed by atoms with Gasteiger partial charge in [-0.1, -0.05) is 63.6 Å². The van der Waals surface area contributed by atoms with Crippen LogP contribution in [0.5, 0.6) is 0 Å². The smallest absolute Gasteiger partial charge is 0.233 e. The van der Waals surface area contributed by atoms with Gasteiger partial charge in [0.1, 0.15) is 18.2 Å². The molecule has 0 saturated carbocycles. The minimum atomic E-state index is -3.60. The van der Waals surface area contributed by atoms with E-state index in [9.17, 15) is 13.2 Å². The van der Waals surface area contributed by atoms with Crippen molar-refractivity contribution in [2.45, 2.75) is 54.4 Å². The number of unbranched alkanes of at least 4 members (excludes halogenated alkanes) is 1. The maximum Gasteiger partial charge on any atom is 0.233 e. The van der Waals surface area contributed by atoms with Crippen LogP contribution in [0, 0.1) is 12.8 Å². The lowest BCUT2D eigenvalue weighted by molar-refractivity contribution is -0.122. The van der Waals surface area contributed by atoms with E-state index in [-0.39, 0.29) is 31.5 Å². The van der Waals surface area contributed by atoms with Crippen molar-refractivity contribution in [3.05, 3.63) is 64.5 Å². The summed E-state index contributed by atoms with van der Waals surface area (Å²) in [5.74, 6) is -0.0682. The van der Waals surface area contributed by atoms with Crippen LogP contribution < -0.4 is 11.1 Å². The summed E-state index contributed by atoms with van der Waals surface area (Å²) in [4.78, 5) is 12.6. The maximum atomic E-state index is 12.6. The van der Waals surface area contributed by atoms with Gasteiger partial charge in [-0.25, -0.2) is 8.42 Å². The third kappa shape index (κ3) is 10.1. The van der Waals surface area contributed by atoms with Crippen LogP contribution in [0.15, 0.2) is 53.4 Å². The lowest BCUT2D eigenvalue weighted by Gasteiger charge is -2.26. The van der Waals surface area contributed by atoms with Crippen LogP contribution in [-0.2, 0) is 19.6 Å². The lowest BCUT2D eigenvalue weighted by atomic mass is 9.92. The molecule has 1 aromatic rings. The van der Waals surface area contributed by atoms with Gasteiger partial charge in [-0.3, -0.25) is 9.10 Å². The number of aliphatic hydroxyl groups excluding tert-OH is 1. The summed E-state index contributed by atoms with van der Waals surface area (Å²) in [5, 5.41) is 11.7. The van der Waals surface area contributed by atoms with Gasteiger partial charge in [0, 0.05) is 25.8 Å². The largest absolute Gasteiger partial charge is 0.489 e. The molecule has 1 atom stereocenters. The van der Waals surface area contributed by atoms with E-state index in [1.54, 1.807) is 26.1 Å². The summed E-state index contributed by atoms with van der Waals surface area (Å²) in [7, 11) is -2.03. The second-order valence-electron chi connectivity index (χ2n) is 7.83. The average Bonchev–Trinajstić information content (AvgIpc) is 2.88. The molecule has 0 aliphatic carbocycles. The SMILES string of the molecule is CC.CC.CNC(=O)C1C=C(c2ccc(C)cc2)OC/C1=C\C(C)=C(/N)N(CCCCO)S(C)(=O)=O. The van der Waals surface area contributed by atoms with Crippen molar-refractivity contribution in [1.82, 2.24) is 9.62 Å². The van der Waals surface area contributed by atoms with Crippen LogP contribution >= 0.6 is 0 Å². The summed E-state index contributed by atoms with van der Waals surface area (Å²) in [6, 6.07) is 7.83. The van der Waals surface area contributed by atoms with Gasteiger partial charge in [0.15, 0.2) is 0 Å². The van der Waals surface area contributed by atoms with Crippen LogP contribution in [0.25, 0.3) is 5.76 Å². The second kappa shape index (κ2) is 16.8. The first-order valence-electron chi connectivity index (χ1n) is 12.5. The van der Waals surface area contributed by atoms with Crippen molar-refractivity contribution in [1.29, 1.82) is 0 Å². The highest BCUT2D eigenvalue weighted by atomic mass is 32.2. The number of nitrogens with zero attached hydrogens (tertiary/aromatic N) is 1. The fourth-order valence-corrected chi connectivity index (χ4v) is 4.33. The fourth-order valence-electron chi connectivity index (χ4n) is 3.37. The normalized spacial score (nSPS) is 16.8. The fraction of sp³-hybridized carbons (Fsp3) is 0.519. The topological polar surface area (TPSA) is 122 Å². The van der Waals surface area contributed by atoms with Gasteiger partial charge < -0.3 is 20.9 Å². The number of aliphatic hydroxyl groups is 1. The number of nitrogens with two attached hydrogens (primary N) is 1. The number of carbonyl (C=O) groups is 1. The quantitative estimate of drug-likeness (QED) is 0.422. The molecule has 204 valence electrons. The number of carbonyl (C=O) groups excluding carboxylic acids is 1. The van der Waals surface area contributed by atoms with Crippen LogP contribution in [0.3, 0.4) is 0 Å². The predicted octanol–water partition coefficient (Wildman–Crippen LogP) is 3.93. The number of aryl methyl sites for hydroxylation is 1. The standard InChI is InChI=1S/C23H33N3O5S.2C2H6/c1-16-7-9-18(10-8-16)21-14-20(23(28)25-3)19(15-31-21)13-17(2)22(24)26(32(4,29)30)11-5-6-12-27;2*1-2/h7-10,13-14,20,27H,5-6,11-12,15,24H2,1-4H3,(H,25,28);2*1-2H3/b19-13+,22-17+;;. The molecule has 1 amide bonds. The van der Waals surface area contributed by atoms with Crippen molar-refractivity contribution in [2.24, 2.45) is 11.7 Å². The van der Waals surface area contributed by atoms with Crippen molar-refractivity contribution < 1.29 is 23.1 Å². The minimum absolute atomic E-state index is 0.0228. The summed E-state index contributed by atoms with van der Waals surface area (Å²) < 4.78 is 31.5. The Labute approximate surface area is 218 Å². The Kier molecular flexibility index (Phi) is 15.5. The molecule has 1 heterocycles. The monoisotopic (exact) mass is 523 g/mol. The van der Waals surface area contributed by atoms with Crippen molar-refractivity contribution in [3.8, 4) is 0 Å². The summed E-state index contributed by atoms with van der Waals surface area (Å²) in [6.07, 6.45) is 5.51. The molecular formula is C27H45N3O5S. The van der Waals surface area contributed by atoms with Gasteiger partial charge >= 0.3 is 0 Å². The number of hydrogen-bond donors (Lipinski definition) is 3. The summed E-state index contributed by atoms with van der Waals surface area (Å²) in [5.41, 5.74) is 9.38. The Morgan fingerprint density at radius 1 is 1.19 bits per heavy atom. The number of ether oxygens (including phenoxy) is 1. The molecule has 1 aromatic carbocycles. The van der Waals surface area contributed by atoms with Gasteiger partial charge in [-0.05, 0) is 43.9 Å². The molecule has 0 aromatic heterocycles. The molecule has 0 fully saturated rings. The van der Waals surface area contributed by atoms with E-state index in [2.05, 4.69) is 5.32 Å². The van der Waals surface area contributed by atoms with E-state index in [1.165, 1.54) is 0 Å². The lowest BCUT2D eigenvalue weighted by Crippen LogP contribution is -2.35. The summed E-state index contributed by atoms with van der Waals surface area (Å²) >= 11 is 0. The Hall–Kier alpha value is -2.78. The minimum Gasteiger partial charge on any atom is -0.489 e. The highest BCUT2D eigenvalue weighted by molar-refractivity contribution is 7.88. The zero-order chi connectivity index (χ0) is 27.9. The molecular weight excluding hydrogens is 478 g/mol. The number of nitrogens with one attached hydrogen (secondary N) is 1. The predicted molar refractivity (Wildman–Crippen MR) is 148 cm³/mol. The highest BCUT2D eigenvalue weighted by Crippen LogP contribution is 2.30. The summed E-state index contributed by atoms with van der Waals surface area (Å²) in [6.45, 7) is 12.0. The van der Waals surface area contributed by atoms with Crippen LogP contribution in [-0.4, -0.2) is 56.8 Å². The zero-order valence-corrected chi connectivity index (χ0v) is 23.9. The van der Waals surface area contributed by atoms with Gasteiger partial charge in [0.2, 0.25) is 15.9 Å². The molecule has 1 unspecified atom stereocenters.